The van der Waals surface area contributed by atoms with Crippen LogP contribution in [0, 0.1) is 11.8 Å². The maximum Gasteiger partial charge on any atom is 0.225 e. The van der Waals surface area contributed by atoms with E-state index in [4.69, 9.17) is 4.98 Å². The molecule has 3 aliphatic heterocycles. The molecule has 0 saturated carbocycles. The number of rotatable bonds is 10. The molecule has 2 atom stereocenters. The highest BCUT2D eigenvalue weighted by molar-refractivity contribution is 5.80. The summed E-state index contributed by atoms with van der Waals surface area (Å²) >= 11 is 0. The first kappa shape index (κ1) is 24.0. The molecule has 8 nitrogen and oxygen atoms in total. The van der Waals surface area contributed by atoms with Gasteiger partial charge in [0.25, 0.3) is 0 Å². The molecule has 0 spiro atoms. The zero-order valence-electron chi connectivity index (χ0n) is 20.5. The van der Waals surface area contributed by atoms with E-state index in [1.54, 1.807) is 6.20 Å². The lowest BCUT2D eigenvalue weighted by atomic mass is 9.93. The number of anilines is 2. The van der Waals surface area contributed by atoms with Crippen LogP contribution in [-0.2, 0) is 17.6 Å². The normalized spacial score (nSPS) is 21.2. The fraction of sp³-hybridized carbons (Fsp3) is 0.593. The van der Waals surface area contributed by atoms with Gasteiger partial charge in [0.05, 0.1) is 18.6 Å². The van der Waals surface area contributed by atoms with E-state index in [2.05, 4.69) is 37.6 Å². The molecule has 1 amide bonds. The summed E-state index contributed by atoms with van der Waals surface area (Å²) in [6.07, 6.45) is 7.90. The van der Waals surface area contributed by atoms with Gasteiger partial charge in [0.15, 0.2) is 0 Å². The summed E-state index contributed by atoms with van der Waals surface area (Å²) in [4.78, 5) is 26.6. The van der Waals surface area contributed by atoms with E-state index in [1.165, 1.54) is 17.7 Å². The largest absolute Gasteiger partial charge is 0.394 e. The second-order valence-electron chi connectivity index (χ2n) is 10.3. The molecule has 3 N–H and O–H groups in total. The van der Waals surface area contributed by atoms with Crippen molar-refractivity contribution in [3.8, 4) is 0 Å². The number of carbonyl (C=O) groups excluding carboxylic acids is 1. The number of aliphatic hydroxyl groups excluding tert-OH is 1. The van der Waals surface area contributed by atoms with Gasteiger partial charge in [0.1, 0.15) is 11.6 Å². The minimum atomic E-state index is -0.183. The van der Waals surface area contributed by atoms with E-state index in [0.29, 0.717) is 12.5 Å². The van der Waals surface area contributed by atoms with Gasteiger partial charge < -0.3 is 25.5 Å². The van der Waals surface area contributed by atoms with Crippen molar-refractivity contribution in [3.63, 3.8) is 0 Å². The summed E-state index contributed by atoms with van der Waals surface area (Å²) in [5, 5.41) is 16.3. The smallest absolute Gasteiger partial charge is 0.225 e. The fourth-order valence-electron chi connectivity index (χ4n) is 5.49. The molecule has 188 valence electrons. The topological polar surface area (TPSA) is 93.6 Å². The number of hydrogen-bond acceptors (Lipinski definition) is 7. The number of hydrogen-bond donors (Lipinski definition) is 3. The van der Waals surface area contributed by atoms with E-state index in [1.807, 2.05) is 18.2 Å². The predicted molar refractivity (Wildman–Crippen MR) is 137 cm³/mol. The van der Waals surface area contributed by atoms with Gasteiger partial charge in [-0.05, 0) is 68.2 Å². The number of carbonyl (C=O) groups is 1. The van der Waals surface area contributed by atoms with Crippen molar-refractivity contribution in [2.24, 2.45) is 11.8 Å². The van der Waals surface area contributed by atoms with Crippen molar-refractivity contribution in [1.29, 1.82) is 0 Å². The highest BCUT2D eigenvalue weighted by Gasteiger charge is 2.31. The summed E-state index contributed by atoms with van der Waals surface area (Å²) < 4.78 is 0. The van der Waals surface area contributed by atoms with Crippen molar-refractivity contribution in [2.75, 3.05) is 56.1 Å². The van der Waals surface area contributed by atoms with E-state index >= 15 is 0 Å². The van der Waals surface area contributed by atoms with Gasteiger partial charge in [-0.25, -0.2) is 9.97 Å². The van der Waals surface area contributed by atoms with Gasteiger partial charge in [-0.2, -0.15) is 0 Å². The summed E-state index contributed by atoms with van der Waals surface area (Å²) in [5.41, 5.74) is 2.53. The van der Waals surface area contributed by atoms with Crippen molar-refractivity contribution in [1.82, 2.24) is 20.2 Å². The number of aliphatic hydroxyl groups is 1. The average molecular weight is 479 g/mol. The van der Waals surface area contributed by atoms with Gasteiger partial charge in [0, 0.05) is 51.2 Å². The number of fused-ring (bicyclic) bond motifs is 1. The number of amides is 1. The van der Waals surface area contributed by atoms with Gasteiger partial charge in [-0.3, -0.25) is 4.79 Å². The molecule has 0 bridgehead atoms. The molecule has 3 aliphatic rings. The van der Waals surface area contributed by atoms with Crippen LogP contribution in [0.1, 0.15) is 36.9 Å². The number of nitrogens with one attached hydrogen (secondary N) is 2. The third kappa shape index (κ3) is 6.11. The first-order valence-corrected chi connectivity index (χ1v) is 13.2. The molecular formula is C27H38N6O2. The molecule has 0 radical (unpaired) electrons. The Hall–Kier alpha value is -2.71. The number of aryl methyl sites for hydroxylation is 2. The minimum absolute atomic E-state index is 0.0162. The predicted octanol–water partition coefficient (Wildman–Crippen LogP) is 2.09. The van der Waals surface area contributed by atoms with Crippen LogP contribution in [0.5, 0.6) is 0 Å². The zero-order valence-corrected chi connectivity index (χ0v) is 20.5. The van der Waals surface area contributed by atoms with Crippen LogP contribution in [-0.4, -0.2) is 77.8 Å². The molecular weight excluding hydrogens is 440 g/mol. The third-order valence-electron chi connectivity index (χ3n) is 7.69. The lowest BCUT2D eigenvalue weighted by Gasteiger charge is -2.40. The fourth-order valence-corrected chi connectivity index (χ4v) is 5.49. The first-order chi connectivity index (χ1) is 17.2. The summed E-state index contributed by atoms with van der Waals surface area (Å²) in [5.74, 6) is 2.72. The van der Waals surface area contributed by atoms with E-state index < -0.39 is 0 Å². The lowest BCUT2D eigenvalue weighted by molar-refractivity contribution is -0.125. The molecule has 5 rings (SSSR count). The number of aromatic nitrogens is 2. The quantitative estimate of drug-likeness (QED) is 0.481. The summed E-state index contributed by atoms with van der Waals surface area (Å²) in [7, 11) is 0. The monoisotopic (exact) mass is 478 g/mol. The average Bonchev–Trinajstić information content (AvgIpc) is 3.38. The van der Waals surface area contributed by atoms with Crippen LogP contribution in [0.25, 0.3) is 0 Å². The Labute approximate surface area is 208 Å². The van der Waals surface area contributed by atoms with E-state index in [-0.39, 0.29) is 24.5 Å². The number of likely N-dealkylation sites (tertiary alicyclic amines) is 1. The Morgan fingerprint density at radius 3 is 2.97 bits per heavy atom. The highest BCUT2D eigenvalue weighted by atomic mass is 16.3. The highest BCUT2D eigenvalue weighted by Crippen LogP contribution is 2.25. The Bertz CT molecular complexity index is 981. The molecule has 35 heavy (non-hydrogen) atoms. The number of pyridine rings is 2. The Morgan fingerprint density at radius 2 is 2.14 bits per heavy atom. The molecule has 2 fully saturated rings. The number of nitrogens with zero attached hydrogens (tertiary/aromatic N) is 4. The van der Waals surface area contributed by atoms with Crippen LogP contribution in [0.15, 0.2) is 36.5 Å². The molecule has 2 aromatic rings. The van der Waals surface area contributed by atoms with Crippen molar-refractivity contribution in [3.05, 3.63) is 47.8 Å². The SMILES string of the molecule is O=C(N[C@H](CO)CCN1CC(CCc2ccc3c(n2)NCCC3)C1)[C@H]1CCN(c2ccccn2)C1. The molecule has 0 aliphatic carbocycles. The molecule has 0 aromatic carbocycles. The van der Waals surface area contributed by atoms with Crippen molar-refractivity contribution >= 4 is 17.5 Å². The maximum atomic E-state index is 12.8. The molecule has 2 saturated heterocycles. The van der Waals surface area contributed by atoms with Crippen molar-refractivity contribution in [2.45, 2.75) is 44.6 Å². The van der Waals surface area contributed by atoms with Gasteiger partial charge in [-0.15, -0.1) is 0 Å². The summed E-state index contributed by atoms with van der Waals surface area (Å²) in [6.45, 7) is 5.63. The molecule has 0 unspecified atom stereocenters. The molecule has 2 aromatic heterocycles. The second-order valence-corrected chi connectivity index (χ2v) is 10.3. The molecule has 8 heteroatoms. The van der Waals surface area contributed by atoms with Crippen LogP contribution in [0.3, 0.4) is 0 Å². The Kier molecular flexibility index (Phi) is 7.79. The van der Waals surface area contributed by atoms with E-state index in [9.17, 15) is 9.90 Å². The Morgan fingerprint density at radius 1 is 1.23 bits per heavy atom. The van der Waals surface area contributed by atoms with Crippen LogP contribution >= 0.6 is 0 Å². The van der Waals surface area contributed by atoms with Crippen LogP contribution < -0.4 is 15.5 Å². The lowest BCUT2D eigenvalue weighted by Crippen LogP contribution is -2.49. The van der Waals surface area contributed by atoms with Gasteiger partial charge >= 0.3 is 0 Å². The van der Waals surface area contributed by atoms with E-state index in [0.717, 1.165) is 76.5 Å². The molecule has 5 heterocycles. The van der Waals surface area contributed by atoms with Gasteiger partial charge in [0.2, 0.25) is 5.91 Å². The summed E-state index contributed by atoms with van der Waals surface area (Å²) in [6, 6.07) is 10.1. The first-order valence-electron chi connectivity index (χ1n) is 13.2. The van der Waals surface area contributed by atoms with Crippen molar-refractivity contribution < 1.29 is 9.90 Å². The second kappa shape index (κ2) is 11.4. The Balaban J connectivity index is 0.989. The minimum Gasteiger partial charge on any atom is -0.394 e. The maximum absolute atomic E-state index is 12.8. The van der Waals surface area contributed by atoms with Crippen LogP contribution in [0.2, 0.25) is 0 Å². The zero-order chi connectivity index (χ0) is 24.0. The van der Waals surface area contributed by atoms with Crippen LogP contribution in [0.4, 0.5) is 11.6 Å². The standard InChI is InChI=1S/C27H38N6O2/c34-19-24(31-27(35)22-10-15-33(18-22)25-5-1-2-12-28-25)11-14-32-16-20(17-32)6-8-23-9-7-21-4-3-13-29-26(21)30-23/h1-2,5,7,9,12,20,22,24,34H,3-4,6,8,10-11,13-19H2,(H,29,30)(H,31,35)/t22-,24-/m0/s1. The third-order valence-corrected chi connectivity index (χ3v) is 7.69. The van der Waals surface area contributed by atoms with Gasteiger partial charge in [-0.1, -0.05) is 12.1 Å².